The minimum Gasteiger partial charge on any atom is -0.508 e. The molecule has 6 aromatic rings. The molecule has 108 heavy (non-hydrogen) atoms. The molecule has 7 heterocycles. The van der Waals surface area contributed by atoms with Gasteiger partial charge in [-0.05, 0) is 116 Å². The summed E-state index contributed by atoms with van der Waals surface area (Å²) in [4.78, 5) is 119. The molecule has 6 aromatic carbocycles. The van der Waals surface area contributed by atoms with Crippen molar-refractivity contribution in [3.8, 4) is 74.0 Å². The van der Waals surface area contributed by atoms with E-state index in [4.69, 9.17) is 56.2 Å². The highest BCUT2D eigenvalue weighted by atomic mass is 35.5. The van der Waals surface area contributed by atoms with Crippen LogP contribution in [-0.2, 0) is 52.6 Å². The second-order valence-corrected chi connectivity index (χ2v) is 27.9. The fourth-order valence-electron chi connectivity index (χ4n) is 13.6. The Hall–Kier alpha value is -10.5. The number of hydrogen-bond acceptors (Lipinski definition) is 26. The van der Waals surface area contributed by atoms with E-state index in [1.807, 2.05) is 13.8 Å². The number of halogens is 1. The second-order valence-electron chi connectivity index (χ2n) is 27.5. The average molecular weight is 1520 g/mol. The maximum Gasteiger partial charge on any atom is 0.330 e. The number of likely N-dealkylation sites (N-methyl/N-ethyl adjacent to an activating group) is 1. The summed E-state index contributed by atoms with van der Waals surface area (Å²) in [6.45, 7) is 5.68. The Morgan fingerprint density at radius 3 is 1.99 bits per heavy atom. The summed E-state index contributed by atoms with van der Waals surface area (Å²) in [5.41, 5.74) is 8.29. The number of nitrogens with two attached hydrogens (primary N) is 2. The first-order valence-electron chi connectivity index (χ1n) is 34.1. The molecule has 21 N–H and O–H groups in total. The standard InChI is InChI=1S/C73H82ClN9O25/c1-28(2)17-40(77-5)65(94)82-56-59(90)32-13-16-46(39(74)20-32)105-48-22-33-21-47(62(48)108-72-63(61(92)60(91)49(27-84)106-72)107-51-26-73(4,76)64(93)29(3)103-51)104-45-15-12-31(19-36(45)35-9-7-8-10-44(35)102-6)58(89)57-70(99)81-55(71(100)101)38-23-34(85)24-43(87)52(38)37-18-30(11-14-42(37)86)53(67(96)83-57)80-68(97)54(33)79-66(95)41(25-50(75)88)78-69(56)98/h7-16,18-24,28-29,40-41,49,51,53-61,63-64,72,77,84-87,89-93H,17,25-27,76H2,1-6H3,(H2,75,88)(H,78,98)(H,79,95)(H,80,97)(H,81,99)(H,82,94)(H,83,96)(H,100,101)/t29-,40+,41-,49+,51-,53+,54+,55-,56+,57-,58+,59+,60+,61-,63+,64+,72-,73-/m0/s1. The van der Waals surface area contributed by atoms with E-state index in [-0.39, 0.29) is 68.8 Å². The largest absolute Gasteiger partial charge is 0.508 e. The summed E-state index contributed by atoms with van der Waals surface area (Å²) in [6, 6.07) is 6.07. The van der Waals surface area contributed by atoms with E-state index in [2.05, 4.69) is 37.2 Å². The number of phenolic OH excluding ortho intramolecular Hbond substituents is 3. The summed E-state index contributed by atoms with van der Waals surface area (Å²) >= 11 is 7.16. The fraction of sp³-hybridized carbons (Fsp3) is 0.397. The zero-order valence-electron chi connectivity index (χ0n) is 58.7. The topological polar surface area (TPSA) is 540 Å². The Balaban J connectivity index is 1.22. The van der Waals surface area contributed by atoms with Crippen molar-refractivity contribution in [1.29, 1.82) is 0 Å². The number of carbonyl (C=O) groups is 8. The van der Waals surface area contributed by atoms with Gasteiger partial charge in [0.15, 0.2) is 29.9 Å². The predicted molar refractivity (Wildman–Crippen MR) is 376 cm³/mol. The lowest BCUT2D eigenvalue weighted by Gasteiger charge is -2.47. The third-order valence-corrected chi connectivity index (χ3v) is 19.5. The predicted octanol–water partition coefficient (Wildman–Crippen LogP) is 1.13. The average Bonchev–Trinajstić information content (AvgIpc) is 0.766. The van der Waals surface area contributed by atoms with Crippen molar-refractivity contribution in [2.24, 2.45) is 17.4 Å². The van der Waals surface area contributed by atoms with Crippen molar-refractivity contribution in [2.75, 3.05) is 20.8 Å². The van der Waals surface area contributed by atoms with E-state index >= 15 is 19.2 Å². The maximum absolute atomic E-state index is 16.3. The number of phenols is 3. The lowest BCUT2D eigenvalue weighted by molar-refractivity contribution is -0.333. The van der Waals surface area contributed by atoms with Crippen LogP contribution in [0.1, 0.15) is 105 Å². The van der Waals surface area contributed by atoms with Crippen molar-refractivity contribution in [3.05, 3.63) is 136 Å². The second kappa shape index (κ2) is 32.2. The van der Waals surface area contributed by atoms with E-state index in [0.29, 0.717) is 0 Å². The first-order chi connectivity index (χ1) is 51.2. The number of ether oxygens (including phenoxy) is 7. The van der Waals surface area contributed by atoms with E-state index < -0.39 is 226 Å². The van der Waals surface area contributed by atoms with Gasteiger partial charge in [-0.2, -0.15) is 0 Å². The number of primary amides is 1. The number of fused-ring (bicyclic) bond motifs is 15. The molecule has 0 saturated carbocycles. The molecule has 0 aromatic heterocycles. The van der Waals surface area contributed by atoms with Crippen LogP contribution in [0.5, 0.6) is 51.7 Å². The Kier molecular flexibility index (Phi) is 23.4. The molecule has 0 spiro atoms. The number of aliphatic carboxylic acids is 1. The molecule has 0 unspecified atom stereocenters. The van der Waals surface area contributed by atoms with Crippen LogP contribution in [0, 0.1) is 5.92 Å². The summed E-state index contributed by atoms with van der Waals surface area (Å²) in [6.07, 6.45) is -18.7. The summed E-state index contributed by atoms with van der Waals surface area (Å²) in [7, 11) is 2.79. The van der Waals surface area contributed by atoms with Crippen molar-refractivity contribution in [3.63, 3.8) is 0 Å². The number of nitrogens with one attached hydrogen (secondary N) is 7. The van der Waals surface area contributed by atoms with Crippen LogP contribution in [0.25, 0.3) is 22.3 Å². The van der Waals surface area contributed by atoms with E-state index in [0.717, 1.165) is 48.5 Å². The molecular formula is C73H82ClN9O25. The Morgan fingerprint density at radius 2 is 1.34 bits per heavy atom. The maximum atomic E-state index is 16.3. The zero-order valence-corrected chi connectivity index (χ0v) is 59.4. The van der Waals surface area contributed by atoms with Crippen LogP contribution in [0.15, 0.2) is 103 Å². The van der Waals surface area contributed by atoms with Gasteiger partial charge in [0, 0.05) is 45.8 Å². The number of methoxy groups -OCH3 is 1. The zero-order chi connectivity index (χ0) is 78.2. The van der Waals surface area contributed by atoms with Crippen LogP contribution < -0.4 is 67.6 Å². The minimum atomic E-state index is -2.37. The number of aliphatic hydroxyl groups excluding tert-OH is 6. The van der Waals surface area contributed by atoms with Gasteiger partial charge in [0.1, 0.15) is 95.2 Å². The number of benzene rings is 6. The number of carbonyl (C=O) groups excluding carboxylic acids is 7. The molecule has 0 radical (unpaired) electrons. The number of amides is 7. The SMILES string of the molecule is CN[C@H](CC(C)C)C(=O)N[C@H]1C(=O)N[C@@H](CC(N)=O)C(=O)N[C@H]2C(=O)N[C@H]3C(=O)N[C@H](C(=O)N[C@H](C(=O)O)c4cc(O)cc(O)c4-c4cc3ccc4O)[C@H](O)c3ccc(c(-c4ccccc4OC)c3)Oc3cc2cc(c3O[C@@H]2O[C@H](CO)[C@@H](O)[C@H](O)[C@H]2O[C@H]2C[C@](C)(N)[C@H](O)[C@H](C)O2)Oc2ccc(cc2Cl)[C@H]1O. The van der Waals surface area contributed by atoms with Gasteiger partial charge >= 0.3 is 5.97 Å². The van der Waals surface area contributed by atoms with Crippen molar-refractivity contribution >= 4 is 58.9 Å². The van der Waals surface area contributed by atoms with Gasteiger partial charge in [0.2, 0.25) is 53.4 Å². The number of rotatable bonds is 15. The highest BCUT2D eigenvalue weighted by molar-refractivity contribution is 6.32. The normalized spacial score (nSPS) is 28.2. The van der Waals surface area contributed by atoms with Gasteiger partial charge in [-0.3, -0.25) is 33.6 Å². The van der Waals surface area contributed by atoms with Gasteiger partial charge in [0.25, 0.3) is 0 Å². The van der Waals surface area contributed by atoms with Crippen molar-refractivity contribution < 1.29 is 123 Å². The molecule has 18 atom stereocenters. The number of aromatic hydroxyl groups is 3. The first-order valence-corrected chi connectivity index (χ1v) is 34.5. The van der Waals surface area contributed by atoms with Crippen LogP contribution in [0.2, 0.25) is 5.02 Å². The summed E-state index contributed by atoms with van der Waals surface area (Å²) < 4.78 is 45.1. The molecule has 2 fully saturated rings. The molecule has 35 heteroatoms. The van der Waals surface area contributed by atoms with Gasteiger partial charge in [-0.25, -0.2) is 4.79 Å². The number of carboxylic acid groups (broad SMARTS) is 1. The van der Waals surface area contributed by atoms with E-state index in [1.165, 1.54) is 70.5 Å². The van der Waals surface area contributed by atoms with Crippen LogP contribution in [-0.4, -0.2) is 198 Å². The molecule has 34 nitrogen and oxygen atoms in total. The van der Waals surface area contributed by atoms with Crippen molar-refractivity contribution in [2.45, 2.75) is 156 Å². The third kappa shape index (κ3) is 16.3. The number of para-hydroxylation sites is 1. The Morgan fingerprint density at radius 1 is 0.704 bits per heavy atom. The Labute approximate surface area is 620 Å². The molecule has 576 valence electrons. The molecule has 13 rings (SSSR count). The van der Waals surface area contributed by atoms with Gasteiger partial charge in [-0.1, -0.05) is 61.8 Å². The van der Waals surface area contributed by atoms with Crippen LogP contribution >= 0.6 is 11.6 Å². The van der Waals surface area contributed by atoms with Crippen molar-refractivity contribution in [1.82, 2.24) is 37.2 Å². The lowest BCUT2D eigenvalue weighted by atomic mass is 9.86. The van der Waals surface area contributed by atoms with E-state index in [9.17, 15) is 70.2 Å². The molecule has 11 bridgehead atoms. The molecule has 7 aliphatic heterocycles. The van der Waals surface area contributed by atoms with Gasteiger partial charge in [-0.15, -0.1) is 0 Å². The highest BCUT2D eigenvalue weighted by Gasteiger charge is 2.52. The third-order valence-electron chi connectivity index (χ3n) is 19.2. The molecule has 7 amide bonds. The monoisotopic (exact) mass is 1520 g/mol. The minimum absolute atomic E-state index is 0.0487. The summed E-state index contributed by atoms with van der Waals surface area (Å²) in [5.74, 6) is -15.7. The summed E-state index contributed by atoms with van der Waals surface area (Å²) in [5, 5.41) is 133. The molecule has 0 aliphatic carbocycles. The molecule has 7 aliphatic rings. The fourth-order valence-corrected chi connectivity index (χ4v) is 13.8. The highest BCUT2D eigenvalue weighted by Crippen LogP contribution is 2.51. The van der Waals surface area contributed by atoms with Crippen LogP contribution in [0.3, 0.4) is 0 Å². The van der Waals surface area contributed by atoms with Gasteiger partial charge in [0.05, 0.1) is 43.4 Å². The number of hydrogen-bond donors (Lipinski definition) is 19. The lowest BCUT2D eigenvalue weighted by Crippen LogP contribution is -2.64. The molecular weight excluding hydrogens is 1440 g/mol. The number of carboxylic acids is 1. The Bertz CT molecular complexity index is 4490. The van der Waals surface area contributed by atoms with Crippen LogP contribution in [0.4, 0.5) is 0 Å². The number of aliphatic hydroxyl groups is 6. The molecule has 2 saturated heterocycles. The van der Waals surface area contributed by atoms with E-state index in [1.54, 1.807) is 12.1 Å². The quantitative estimate of drug-likeness (QED) is 0.0685. The first kappa shape index (κ1) is 78.6. The smallest absolute Gasteiger partial charge is 0.330 e. The van der Waals surface area contributed by atoms with Gasteiger partial charge < -0.3 is 133 Å².